The number of rotatable bonds is 9. The van der Waals surface area contributed by atoms with Crippen LogP contribution < -0.4 is 0 Å². The lowest BCUT2D eigenvalue weighted by molar-refractivity contribution is 0.237. The topological polar surface area (TPSA) is 35.5 Å². The molecule has 0 fully saturated rings. The molecule has 0 atom stereocenters. The Bertz CT molecular complexity index is 360. The molecule has 0 N–H and O–H groups in total. The summed E-state index contributed by atoms with van der Waals surface area (Å²) in [6.07, 6.45) is 1.96. The van der Waals surface area contributed by atoms with Gasteiger partial charge in [0.2, 0.25) is 0 Å². The third kappa shape index (κ3) is 6.05. The molecule has 5 heteroatoms. The van der Waals surface area contributed by atoms with Crippen molar-refractivity contribution in [3.63, 3.8) is 0 Å². The average Bonchev–Trinajstić information content (AvgIpc) is 2.37. The van der Waals surface area contributed by atoms with Gasteiger partial charge < -0.3 is 9.05 Å². The highest BCUT2D eigenvalue weighted by Gasteiger charge is 2.23. The van der Waals surface area contributed by atoms with E-state index in [2.05, 4.69) is 12.1 Å². The Morgan fingerprint density at radius 1 is 1.11 bits per heavy atom. The molecule has 0 aliphatic heterocycles. The summed E-state index contributed by atoms with van der Waals surface area (Å²) >= 11 is 1.30. The van der Waals surface area contributed by atoms with Crippen molar-refractivity contribution >= 4 is 18.2 Å². The van der Waals surface area contributed by atoms with Crippen molar-refractivity contribution in [1.29, 1.82) is 0 Å². The van der Waals surface area contributed by atoms with Crippen LogP contribution in [0.5, 0.6) is 0 Å². The zero-order chi connectivity index (χ0) is 13.3. The first-order valence-corrected chi connectivity index (χ1v) is 9.41. The van der Waals surface area contributed by atoms with Gasteiger partial charge in [-0.3, -0.25) is 0 Å². The zero-order valence-corrected chi connectivity index (χ0v) is 12.7. The molecule has 0 radical (unpaired) electrons. The molecule has 0 aliphatic carbocycles. The van der Waals surface area contributed by atoms with Gasteiger partial charge in [0.15, 0.2) is 0 Å². The lowest BCUT2D eigenvalue weighted by Crippen LogP contribution is -1.94. The second-order valence-electron chi connectivity index (χ2n) is 3.71. The van der Waals surface area contributed by atoms with Gasteiger partial charge in [-0.05, 0) is 43.6 Å². The maximum Gasteiger partial charge on any atom is 0.389 e. The van der Waals surface area contributed by atoms with Gasteiger partial charge in [0.25, 0.3) is 0 Å². The summed E-state index contributed by atoms with van der Waals surface area (Å²) in [6.45, 7) is 1.57. The minimum atomic E-state index is -2.92. The van der Waals surface area contributed by atoms with E-state index in [1.807, 2.05) is 32.0 Å². The van der Waals surface area contributed by atoms with Crippen LogP contribution in [0.3, 0.4) is 0 Å². The lowest BCUT2D eigenvalue weighted by Gasteiger charge is -2.15. The Morgan fingerprint density at radius 2 is 1.72 bits per heavy atom. The van der Waals surface area contributed by atoms with E-state index in [4.69, 9.17) is 9.05 Å². The molecule has 1 aromatic carbocycles. The van der Waals surface area contributed by atoms with Crippen LogP contribution >= 0.6 is 18.2 Å². The summed E-state index contributed by atoms with van der Waals surface area (Å²) in [7, 11) is 0. The first kappa shape index (κ1) is 15.8. The molecular weight excluding hydrogens is 267 g/mol. The molecule has 0 unspecified atom stereocenters. The maximum absolute atomic E-state index is 12.1. The normalized spacial score (nSPS) is 11.7. The summed E-state index contributed by atoms with van der Waals surface area (Å²) in [6, 6.07) is 10.3. The minimum absolute atomic E-state index is 0.420. The Hall–Kier alpha value is -0.280. The van der Waals surface area contributed by atoms with E-state index in [1.54, 1.807) is 0 Å². The fourth-order valence-electron chi connectivity index (χ4n) is 1.53. The first-order chi connectivity index (χ1) is 8.70. The molecule has 3 nitrogen and oxygen atoms in total. The molecular formula is C13H21O3PS. The minimum Gasteiger partial charge on any atom is -0.301 e. The van der Waals surface area contributed by atoms with Gasteiger partial charge in [-0.2, -0.15) is 0 Å². The van der Waals surface area contributed by atoms with Crippen LogP contribution in [0, 0.1) is 0 Å². The molecule has 1 aromatic rings. The number of aryl methyl sites for hydroxylation is 1. The van der Waals surface area contributed by atoms with E-state index in [-0.39, 0.29) is 0 Å². The van der Waals surface area contributed by atoms with Crippen molar-refractivity contribution in [1.82, 2.24) is 0 Å². The maximum atomic E-state index is 12.1. The van der Waals surface area contributed by atoms with Crippen LogP contribution in [0.15, 0.2) is 30.3 Å². The quantitative estimate of drug-likeness (QED) is 0.494. The van der Waals surface area contributed by atoms with Crippen LogP contribution in [0.25, 0.3) is 0 Å². The fraction of sp³-hybridized carbons (Fsp3) is 0.538. The highest BCUT2D eigenvalue weighted by Crippen LogP contribution is 2.60. The fourth-order valence-corrected chi connectivity index (χ4v) is 5.02. The van der Waals surface area contributed by atoms with Crippen molar-refractivity contribution in [3.8, 4) is 0 Å². The molecule has 0 amide bonds. The van der Waals surface area contributed by atoms with Crippen LogP contribution in [0.1, 0.15) is 25.8 Å². The smallest absolute Gasteiger partial charge is 0.301 e. The third-order valence-electron chi connectivity index (χ3n) is 2.28. The molecule has 102 valence electrons. The van der Waals surface area contributed by atoms with Crippen molar-refractivity contribution in [3.05, 3.63) is 35.9 Å². The number of benzene rings is 1. The Kier molecular flexibility index (Phi) is 7.68. The Balaban J connectivity index is 2.29. The molecule has 0 aromatic heterocycles. The molecule has 0 spiro atoms. The van der Waals surface area contributed by atoms with E-state index in [0.29, 0.717) is 13.2 Å². The van der Waals surface area contributed by atoms with Crippen molar-refractivity contribution in [2.24, 2.45) is 0 Å². The van der Waals surface area contributed by atoms with Crippen LogP contribution in [0.4, 0.5) is 0 Å². The number of hydrogen-bond acceptors (Lipinski definition) is 4. The predicted octanol–water partition coefficient (Wildman–Crippen LogP) is 4.53. The SMILES string of the molecule is CCOP(=O)(OCC)SCCCc1ccccc1. The molecule has 0 saturated carbocycles. The van der Waals surface area contributed by atoms with Gasteiger partial charge in [-0.25, -0.2) is 4.57 Å². The van der Waals surface area contributed by atoms with Crippen molar-refractivity contribution in [2.45, 2.75) is 26.7 Å². The van der Waals surface area contributed by atoms with Gasteiger partial charge in [-0.1, -0.05) is 30.3 Å². The molecule has 18 heavy (non-hydrogen) atoms. The second kappa shape index (κ2) is 8.76. The van der Waals surface area contributed by atoms with Crippen LogP contribution in [0.2, 0.25) is 0 Å². The standard InChI is InChI=1S/C13H21O3PS/c1-3-15-17(14,16-4-2)18-12-8-11-13-9-6-5-7-10-13/h5-7,9-10H,3-4,8,11-12H2,1-2H3. The van der Waals surface area contributed by atoms with Crippen molar-refractivity contribution < 1.29 is 13.6 Å². The molecule has 0 heterocycles. The van der Waals surface area contributed by atoms with E-state index >= 15 is 0 Å². The number of hydrogen-bond donors (Lipinski definition) is 0. The van der Waals surface area contributed by atoms with Gasteiger partial charge >= 0.3 is 6.80 Å². The lowest BCUT2D eigenvalue weighted by atomic mass is 10.1. The molecule has 1 rings (SSSR count). The monoisotopic (exact) mass is 288 g/mol. The highest BCUT2D eigenvalue weighted by atomic mass is 32.7. The van der Waals surface area contributed by atoms with Gasteiger partial charge in [-0.15, -0.1) is 0 Å². The average molecular weight is 288 g/mol. The van der Waals surface area contributed by atoms with Crippen LogP contribution in [-0.2, 0) is 20.0 Å². The van der Waals surface area contributed by atoms with Gasteiger partial charge in [0.05, 0.1) is 13.2 Å². The van der Waals surface area contributed by atoms with E-state index in [1.165, 1.54) is 16.9 Å². The van der Waals surface area contributed by atoms with Gasteiger partial charge in [0.1, 0.15) is 0 Å². The summed E-state index contributed by atoms with van der Waals surface area (Å²) in [4.78, 5) is 0. The van der Waals surface area contributed by atoms with Crippen LogP contribution in [-0.4, -0.2) is 19.0 Å². The largest absolute Gasteiger partial charge is 0.389 e. The summed E-state index contributed by atoms with van der Waals surface area (Å²) < 4.78 is 22.6. The summed E-state index contributed by atoms with van der Waals surface area (Å²) in [5.74, 6) is 0.784. The third-order valence-corrected chi connectivity index (χ3v) is 6.34. The van der Waals surface area contributed by atoms with E-state index in [9.17, 15) is 4.57 Å². The second-order valence-corrected chi connectivity index (χ2v) is 7.90. The first-order valence-electron chi connectivity index (χ1n) is 6.27. The summed E-state index contributed by atoms with van der Waals surface area (Å²) in [5, 5.41) is 0. The van der Waals surface area contributed by atoms with Crippen molar-refractivity contribution in [2.75, 3.05) is 19.0 Å². The van der Waals surface area contributed by atoms with E-state index < -0.39 is 6.80 Å². The predicted molar refractivity (Wildman–Crippen MR) is 78.1 cm³/mol. The van der Waals surface area contributed by atoms with E-state index in [0.717, 1.165) is 18.6 Å². The Labute approximate surface area is 114 Å². The molecule has 0 saturated heterocycles. The highest BCUT2D eigenvalue weighted by molar-refractivity contribution is 8.55. The molecule has 0 bridgehead atoms. The van der Waals surface area contributed by atoms with Gasteiger partial charge in [0, 0.05) is 5.75 Å². The summed E-state index contributed by atoms with van der Waals surface area (Å²) in [5.41, 5.74) is 1.31. The Morgan fingerprint density at radius 3 is 2.28 bits per heavy atom. The zero-order valence-electron chi connectivity index (χ0n) is 11.0. The molecule has 0 aliphatic rings.